The molecule has 2 rings (SSSR count). The molecule has 66 valence electrons. The molecule has 0 saturated heterocycles. The Morgan fingerprint density at radius 3 is 3.15 bits per heavy atom. The maximum atomic E-state index is 8.73. The van der Waals surface area contributed by atoms with Crippen LogP contribution in [0.4, 0.5) is 5.69 Å². The Morgan fingerprint density at radius 2 is 2.38 bits per heavy atom. The van der Waals surface area contributed by atoms with Crippen molar-refractivity contribution in [3.8, 4) is 6.07 Å². The lowest BCUT2D eigenvalue weighted by Gasteiger charge is -2.23. The number of aryl methyl sites for hydroxylation is 1. The van der Waals surface area contributed by atoms with E-state index in [0.717, 1.165) is 17.7 Å². The number of benzene rings is 1. The zero-order valence-corrected chi connectivity index (χ0v) is 7.67. The smallest absolute Gasteiger partial charge is 0.0992 e. The average Bonchev–Trinajstić information content (AvgIpc) is 2.16. The van der Waals surface area contributed by atoms with E-state index in [2.05, 4.69) is 18.3 Å². The number of rotatable bonds is 0. The van der Waals surface area contributed by atoms with Gasteiger partial charge in [-0.15, -0.1) is 0 Å². The van der Waals surface area contributed by atoms with Crippen LogP contribution in [0.5, 0.6) is 0 Å². The van der Waals surface area contributed by atoms with E-state index < -0.39 is 0 Å². The molecule has 0 spiro atoms. The molecular weight excluding hydrogens is 160 g/mol. The van der Waals surface area contributed by atoms with Gasteiger partial charge < -0.3 is 5.32 Å². The van der Waals surface area contributed by atoms with E-state index in [-0.39, 0.29) is 0 Å². The minimum Gasteiger partial charge on any atom is -0.382 e. The molecule has 1 aromatic carbocycles. The molecule has 1 atom stereocenters. The highest BCUT2D eigenvalue weighted by Crippen LogP contribution is 2.25. The van der Waals surface area contributed by atoms with Gasteiger partial charge in [-0.3, -0.25) is 0 Å². The Labute approximate surface area is 78.2 Å². The van der Waals surface area contributed by atoms with Crippen molar-refractivity contribution in [2.24, 2.45) is 0 Å². The number of nitriles is 1. The van der Waals surface area contributed by atoms with Crippen molar-refractivity contribution in [1.29, 1.82) is 5.26 Å². The first kappa shape index (κ1) is 8.12. The predicted molar refractivity (Wildman–Crippen MR) is 52.6 cm³/mol. The lowest BCUT2D eigenvalue weighted by Crippen LogP contribution is -2.21. The summed E-state index contributed by atoms with van der Waals surface area (Å²) in [6.45, 7) is 2.17. The van der Waals surface area contributed by atoms with E-state index in [1.165, 1.54) is 12.0 Å². The summed E-state index contributed by atoms with van der Waals surface area (Å²) in [6, 6.07) is 8.55. The minimum absolute atomic E-state index is 0.529. The van der Waals surface area contributed by atoms with Crippen LogP contribution in [0.15, 0.2) is 18.2 Å². The molecule has 0 bridgehead atoms. The summed E-state index contributed by atoms with van der Waals surface area (Å²) in [5.41, 5.74) is 3.20. The lowest BCUT2D eigenvalue weighted by atomic mass is 9.98. The zero-order chi connectivity index (χ0) is 9.26. The summed E-state index contributed by atoms with van der Waals surface area (Å²) < 4.78 is 0. The highest BCUT2D eigenvalue weighted by atomic mass is 14.9. The summed E-state index contributed by atoms with van der Waals surface area (Å²) >= 11 is 0. The van der Waals surface area contributed by atoms with Gasteiger partial charge in [-0.2, -0.15) is 5.26 Å². The van der Waals surface area contributed by atoms with Gasteiger partial charge in [0.05, 0.1) is 11.6 Å². The van der Waals surface area contributed by atoms with Gasteiger partial charge in [-0.25, -0.2) is 0 Å². The second-order valence-electron chi connectivity index (χ2n) is 3.57. The molecule has 0 amide bonds. The van der Waals surface area contributed by atoms with Crippen LogP contribution in [0.25, 0.3) is 0 Å². The van der Waals surface area contributed by atoms with Gasteiger partial charge >= 0.3 is 0 Å². The van der Waals surface area contributed by atoms with Crippen molar-refractivity contribution >= 4 is 5.69 Å². The average molecular weight is 172 g/mol. The Hall–Kier alpha value is -1.49. The van der Waals surface area contributed by atoms with Crippen molar-refractivity contribution in [2.75, 3.05) is 5.32 Å². The fourth-order valence-corrected chi connectivity index (χ4v) is 1.71. The van der Waals surface area contributed by atoms with Crippen molar-refractivity contribution in [3.05, 3.63) is 29.3 Å². The molecule has 1 aromatic rings. The SMILES string of the molecule is CC1CCc2ccc(C#N)cc2N1. The number of anilines is 1. The molecular formula is C11H12N2. The highest BCUT2D eigenvalue weighted by Gasteiger charge is 2.13. The first-order valence-corrected chi connectivity index (χ1v) is 4.59. The van der Waals surface area contributed by atoms with Gasteiger partial charge in [0.25, 0.3) is 0 Å². The molecule has 2 nitrogen and oxygen atoms in total. The standard InChI is InChI=1S/C11H12N2/c1-8-2-4-10-5-3-9(7-12)6-11(10)13-8/h3,5-6,8,13H,2,4H2,1H3. The zero-order valence-electron chi connectivity index (χ0n) is 7.67. The molecule has 0 fully saturated rings. The molecule has 2 heteroatoms. The molecule has 1 N–H and O–H groups in total. The monoisotopic (exact) mass is 172 g/mol. The Kier molecular flexibility index (Phi) is 1.94. The second-order valence-corrected chi connectivity index (χ2v) is 3.57. The highest BCUT2D eigenvalue weighted by molar-refractivity contribution is 5.57. The van der Waals surface area contributed by atoms with Crippen molar-refractivity contribution in [2.45, 2.75) is 25.8 Å². The fourth-order valence-electron chi connectivity index (χ4n) is 1.71. The maximum absolute atomic E-state index is 8.73. The van der Waals surface area contributed by atoms with Crippen LogP contribution in [-0.2, 0) is 6.42 Å². The molecule has 13 heavy (non-hydrogen) atoms. The van der Waals surface area contributed by atoms with E-state index in [4.69, 9.17) is 5.26 Å². The van der Waals surface area contributed by atoms with E-state index in [1.807, 2.05) is 18.2 Å². The van der Waals surface area contributed by atoms with Crippen LogP contribution in [-0.4, -0.2) is 6.04 Å². The third-order valence-electron chi connectivity index (χ3n) is 2.49. The maximum Gasteiger partial charge on any atom is 0.0992 e. The van der Waals surface area contributed by atoms with Gasteiger partial charge in [-0.1, -0.05) is 6.07 Å². The Bertz CT molecular complexity index is 363. The second kappa shape index (κ2) is 3.10. The third kappa shape index (κ3) is 1.50. The van der Waals surface area contributed by atoms with Crippen LogP contribution in [0.1, 0.15) is 24.5 Å². The van der Waals surface area contributed by atoms with Gasteiger partial charge in [-0.05, 0) is 37.5 Å². The predicted octanol–water partition coefficient (Wildman–Crippen LogP) is 2.30. The minimum atomic E-state index is 0.529. The first-order valence-electron chi connectivity index (χ1n) is 4.59. The number of hydrogen-bond donors (Lipinski definition) is 1. The van der Waals surface area contributed by atoms with Crippen molar-refractivity contribution in [3.63, 3.8) is 0 Å². The van der Waals surface area contributed by atoms with E-state index >= 15 is 0 Å². The van der Waals surface area contributed by atoms with Crippen LogP contribution in [0, 0.1) is 11.3 Å². The van der Waals surface area contributed by atoms with Crippen molar-refractivity contribution in [1.82, 2.24) is 0 Å². The summed E-state index contributed by atoms with van der Waals surface area (Å²) in [5, 5.41) is 12.1. The summed E-state index contributed by atoms with van der Waals surface area (Å²) in [5.74, 6) is 0. The van der Waals surface area contributed by atoms with Gasteiger partial charge in [0.2, 0.25) is 0 Å². The van der Waals surface area contributed by atoms with Crippen LogP contribution >= 0.6 is 0 Å². The largest absolute Gasteiger partial charge is 0.382 e. The normalized spacial score (nSPS) is 19.8. The number of nitrogens with zero attached hydrogens (tertiary/aromatic N) is 1. The topological polar surface area (TPSA) is 35.8 Å². The fraction of sp³-hybridized carbons (Fsp3) is 0.364. The van der Waals surface area contributed by atoms with Crippen LogP contribution < -0.4 is 5.32 Å². The van der Waals surface area contributed by atoms with Gasteiger partial charge in [0.1, 0.15) is 0 Å². The number of hydrogen-bond acceptors (Lipinski definition) is 2. The molecule has 0 aromatic heterocycles. The van der Waals surface area contributed by atoms with Crippen LogP contribution in [0.3, 0.4) is 0 Å². The van der Waals surface area contributed by atoms with Gasteiger partial charge in [0, 0.05) is 11.7 Å². The Balaban J connectivity index is 2.39. The third-order valence-corrected chi connectivity index (χ3v) is 2.49. The molecule has 0 radical (unpaired) electrons. The van der Waals surface area contributed by atoms with Crippen molar-refractivity contribution < 1.29 is 0 Å². The molecule has 1 aliphatic rings. The number of nitrogens with one attached hydrogen (secondary N) is 1. The van der Waals surface area contributed by atoms with Crippen LogP contribution in [0.2, 0.25) is 0 Å². The summed E-state index contributed by atoms with van der Waals surface area (Å²) in [7, 11) is 0. The molecule has 0 saturated carbocycles. The summed E-state index contributed by atoms with van der Waals surface area (Å²) in [4.78, 5) is 0. The van der Waals surface area contributed by atoms with E-state index in [0.29, 0.717) is 6.04 Å². The first-order chi connectivity index (χ1) is 6.29. The van der Waals surface area contributed by atoms with E-state index in [1.54, 1.807) is 0 Å². The Morgan fingerprint density at radius 1 is 1.54 bits per heavy atom. The molecule has 1 unspecified atom stereocenters. The molecule has 1 heterocycles. The molecule has 0 aliphatic carbocycles. The van der Waals surface area contributed by atoms with E-state index in [9.17, 15) is 0 Å². The number of fused-ring (bicyclic) bond motifs is 1. The quantitative estimate of drug-likeness (QED) is 0.651. The summed E-state index contributed by atoms with van der Waals surface area (Å²) in [6.07, 6.45) is 2.30. The van der Waals surface area contributed by atoms with Gasteiger partial charge in [0.15, 0.2) is 0 Å². The molecule has 1 aliphatic heterocycles. The lowest BCUT2D eigenvalue weighted by molar-refractivity contribution is 0.681.